The van der Waals surface area contributed by atoms with E-state index in [1.165, 1.54) is 68.3 Å². The Labute approximate surface area is 463 Å². The second-order valence-corrected chi connectivity index (χ2v) is 21.2. The third kappa shape index (κ3) is 13.4. The summed E-state index contributed by atoms with van der Waals surface area (Å²) >= 11 is 1.58. The van der Waals surface area contributed by atoms with E-state index in [-0.39, 0.29) is 65.1 Å². The molecule has 4 aromatic carbocycles. The number of unbranched alkanes of at least 4 members (excludes halogenated alkanes) is 1. The third-order valence-corrected chi connectivity index (χ3v) is 15.1. The quantitative estimate of drug-likeness (QED) is 0.0159. The summed E-state index contributed by atoms with van der Waals surface area (Å²) in [6, 6.07) is 20.1. The van der Waals surface area contributed by atoms with E-state index >= 15 is 0 Å². The Morgan fingerprint density at radius 2 is 1.55 bits per heavy atom. The van der Waals surface area contributed by atoms with Gasteiger partial charge in [0.05, 0.1) is 30.1 Å². The lowest BCUT2D eigenvalue weighted by molar-refractivity contribution is -0.130. The Morgan fingerprint density at radius 3 is 2.29 bits per heavy atom. The molecule has 4 atom stereocenters. The van der Waals surface area contributed by atoms with Crippen LogP contribution >= 0.6 is 11.3 Å². The lowest BCUT2D eigenvalue weighted by atomic mass is 10.1. The van der Waals surface area contributed by atoms with E-state index in [1.54, 1.807) is 59.5 Å². The van der Waals surface area contributed by atoms with Crippen LogP contribution in [0, 0.1) is 0 Å². The molecule has 26 heteroatoms. The van der Waals surface area contributed by atoms with Gasteiger partial charge >= 0.3 is 6.09 Å². The number of aromatic nitrogens is 1. The Morgan fingerprint density at radius 1 is 0.825 bits per heavy atom. The predicted molar refractivity (Wildman–Crippen MR) is 299 cm³/mol. The van der Waals surface area contributed by atoms with Gasteiger partial charge in [-0.3, -0.25) is 38.2 Å². The van der Waals surface area contributed by atoms with Gasteiger partial charge in [0, 0.05) is 73.6 Å². The molecule has 420 valence electrons. The molecule has 7 N–H and O–H groups in total. The van der Waals surface area contributed by atoms with Crippen molar-refractivity contribution in [1.82, 2.24) is 20.5 Å². The average molecular weight is 1140 g/mol. The van der Waals surface area contributed by atoms with Gasteiger partial charge in [-0.1, -0.05) is 18.2 Å². The first-order valence-electron chi connectivity index (χ1n) is 25.2. The molecule has 0 aliphatic carbocycles. The number of ether oxygens (including phenoxy) is 2. The van der Waals surface area contributed by atoms with E-state index in [1.807, 2.05) is 23.6 Å². The molecule has 4 heterocycles. The number of carbonyl (C=O) groups excluding carboxylic acids is 7. The van der Waals surface area contributed by atoms with Gasteiger partial charge in [-0.25, -0.2) is 10.3 Å². The molecule has 0 spiro atoms. The second-order valence-electron chi connectivity index (χ2n) is 18.7. The minimum Gasteiger partial charge on any atom is -0.493 e. The van der Waals surface area contributed by atoms with Crippen LogP contribution < -0.4 is 56.2 Å². The minimum absolute atomic E-state index is 0.0270. The van der Waals surface area contributed by atoms with Gasteiger partial charge in [0.1, 0.15) is 30.1 Å². The van der Waals surface area contributed by atoms with E-state index in [0.29, 0.717) is 59.9 Å². The number of amides is 7. The maximum atomic E-state index is 14.8. The maximum Gasteiger partial charge on any atom is 0.421 e. The van der Waals surface area contributed by atoms with E-state index in [0.717, 1.165) is 10.1 Å². The zero-order valence-corrected chi connectivity index (χ0v) is 45.5. The van der Waals surface area contributed by atoms with Crippen LogP contribution in [0.25, 0.3) is 10.1 Å². The molecule has 1 unspecified atom stereocenters. The summed E-state index contributed by atoms with van der Waals surface area (Å²) in [5.41, 5.74) is 4.46. The molecule has 0 radical (unpaired) electrons. The van der Waals surface area contributed by atoms with Crippen LogP contribution in [0.4, 0.5) is 33.2 Å². The van der Waals surface area contributed by atoms with E-state index in [2.05, 4.69) is 43.9 Å². The first-order valence-corrected chi connectivity index (χ1v) is 27.6. The SMILES string of the molecule is C=NOCCCNC(=O)CCCCC(=O)N[C@H](C)C(=O)N[C@H](C)C(=O)Nc1ccc(OC(=O)N2c3cc(ONc4cc(C(=O)Nc5ccc6sccc6c5)n(C)c4)c(OC)cc3C(=O)N3c4ccccc4C[C@H]3C2S(=O)(=O)O)cc1. The first kappa shape index (κ1) is 57.2. The van der Waals surface area contributed by atoms with E-state index < -0.39 is 69.2 Å². The fourth-order valence-corrected chi connectivity index (χ4v) is 11.0. The fourth-order valence-electron chi connectivity index (χ4n) is 9.11. The summed E-state index contributed by atoms with van der Waals surface area (Å²) in [7, 11) is -2.31. The van der Waals surface area contributed by atoms with Crippen molar-refractivity contribution >= 4 is 108 Å². The second kappa shape index (κ2) is 25.2. The van der Waals surface area contributed by atoms with Gasteiger partial charge in [-0.15, -0.1) is 16.5 Å². The summed E-state index contributed by atoms with van der Waals surface area (Å²) < 4.78 is 52.6. The Balaban J connectivity index is 0.944. The number of carbonyl (C=O) groups is 7. The molecule has 8 rings (SSSR count). The average Bonchev–Trinajstić information content (AvgIpc) is 4.17. The number of fused-ring (bicyclic) bond motifs is 5. The molecule has 2 aliphatic rings. The molecule has 7 amide bonds. The van der Waals surface area contributed by atoms with Crippen LogP contribution in [-0.4, -0.2) is 110 Å². The molecular weight excluding hydrogens is 1080 g/mol. The zero-order chi connectivity index (χ0) is 57.3. The lowest BCUT2D eigenvalue weighted by Gasteiger charge is -2.33. The number of aryl methyl sites for hydroxylation is 1. The Hall–Kier alpha value is -9.01. The van der Waals surface area contributed by atoms with Crippen LogP contribution in [0.2, 0.25) is 0 Å². The summed E-state index contributed by atoms with van der Waals surface area (Å²) in [5.74, 6) is -3.32. The van der Waals surface area contributed by atoms with Gasteiger partial charge in [0.2, 0.25) is 23.6 Å². The standard InChI is InChI=1S/C54H58N10O14S2/c1-31(57-48(66)14-9-8-13-47(65)56-22-10-23-76-55-3)49(67)58-32(2)50(68)59-35-15-18-38(19-16-35)77-54(71)64-41-29-45(78-61-37-27-42(62(4)30-37)51(69)60-36-17-20-46-34(25-36)21-24-79-46)44(75-5)28-39(41)52(70)63-40-12-7-6-11-33(40)26-43(63)53(64)80(72,73)74/h6-7,11-12,15-21,24-25,27-32,43,53,61H,3,8-10,13-14,22-23,26H2,1-2,4-5H3,(H,56,65)(H,57,66)(H,58,67)(H,59,68)(H,60,69)(H,72,73,74)/t31-,32-,43+,53?/m1/s1. The van der Waals surface area contributed by atoms with Gasteiger partial charge in [-0.2, -0.15) is 8.42 Å². The smallest absolute Gasteiger partial charge is 0.421 e. The monoisotopic (exact) mass is 1130 g/mol. The summed E-state index contributed by atoms with van der Waals surface area (Å²) in [4.78, 5) is 106. The van der Waals surface area contributed by atoms with Crippen LogP contribution in [-0.2, 0) is 47.6 Å². The minimum atomic E-state index is -5.27. The van der Waals surface area contributed by atoms with Crippen LogP contribution in [0.5, 0.6) is 17.2 Å². The number of rotatable bonds is 23. The van der Waals surface area contributed by atoms with Gasteiger partial charge in [-0.05, 0) is 116 Å². The number of nitrogens with zero attached hydrogens (tertiary/aromatic N) is 4. The number of para-hydroxylation sites is 1. The zero-order valence-electron chi connectivity index (χ0n) is 43.8. The first-order chi connectivity index (χ1) is 38.3. The highest BCUT2D eigenvalue weighted by molar-refractivity contribution is 7.86. The molecule has 0 bridgehead atoms. The van der Waals surface area contributed by atoms with Crippen molar-refractivity contribution in [1.29, 1.82) is 0 Å². The van der Waals surface area contributed by atoms with Crippen molar-refractivity contribution in [3.63, 3.8) is 0 Å². The number of nitrogens with one attached hydrogen (secondary N) is 6. The molecule has 6 aromatic rings. The summed E-state index contributed by atoms with van der Waals surface area (Å²) in [5, 5.41) is 17.5. The van der Waals surface area contributed by atoms with Crippen molar-refractivity contribution < 1.29 is 65.7 Å². The highest BCUT2D eigenvalue weighted by Gasteiger charge is 2.53. The van der Waals surface area contributed by atoms with Gasteiger partial charge in [0.15, 0.2) is 16.9 Å². The van der Waals surface area contributed by atoms with Crippen LogP contribution in [0.1, 0.15) is 72.4 Å². The molecule has 0 saturated heterocycles. The number of oxime groups is 1. The lowest BCUT2D eigenvalue weighted by Crippen LogP contribution is -2.56. The molecular formula is C54H58N10O14S2. The topological polar surface area (TPSA) is 307 Å². The Kier molecular flexibility index (Phi) is 18.0. The summed E-state index contributed by atoms with van der Waals surface area (Å²) in [6.07, 6.45) is 1.87. The molecule has 80 heavy (non-hydrogen) atoms. The number of methoxy groups -OCH3 is 1. The van der Waals surface area contributed by atoms with Crippen molar-refractivity contribution in [2.45, 2.75) is 75.9 Å². The molecule has 2 aromatic heterocycles. The maximum absolute atomic E-state index is 14.8. The number of hydrogen-bond donors (Lipinski definition) is 7. The number of hydrogen-bond acceptors (Lipinski definition) is 16. The molecule has 2 aliphatic heterocycles. The normalized spacial score (nSPS) is 15.2. The number of anilines is 5. The fraction of sp³-hybridized carbons (Fsp3) is 0.296. The van der Waals surface area contributed by atoms with Crippen LogP contribution in [0.15, 0.2) is 108 Å². The van der Waals surface area contributed by atoms with Crippen molar-refractivity contribution in [3.05, 3.63) is 119 Å². The van der Waals surface area contributed by atoms with E-state index in [4.69, 9.17) is 19.1 Å². The van der Waals surface area contributed by atoms with E-state index in [9.17, 15) is 46.5 Å². The largest absolute Gasteiger partial charge is 0.493 e. The highest BCUT2D eigenvalue weighted by atomic mass is 32.2. The predicted octanol–water partition coefficient (Wildman–Crippen LogP) is 6.36. The molecule has 0 fully saturated rings. The number of thiophene rings is 1. The van der Waals surface area contributed by atoms with Gasteiger partial charge in [0.25, 0.3) is 21.9 Å². The molecule has 24 nitrogen and oxygen atoms in total. The van der Waals surface area contributed by atoms with Crippen LogP contribution in [0.3, 0.4) is 0 Å². The van der Waals surface area contributed by atoms with Crippen molar-refractivity contribution in [3.8, 4) is 17.2 Å². The van der Waals surface area contributed by atoms with Crippen molar-refractivity contribution in [2.75, 3.05) is 46.2 Å². The highest BCUT2D eigenvalue weighted by Crippen LogP contribution is 2.46. The number of benzene rings is 4. The summed E-state index contributed by atoms with van der Waals surface area (Å²) in [6.45, 7) is 6.84. The molecule has 0 saturated carbocycles. The van der Waals surface area contributed by atoms with Gasteiger partial charge < -0.3 is 55.2 Å². The van der Waals surface area contributed by atoms with Crippen molar-refractivity contribution in [2.24, 2.45) is 12.2 Å². The third-order valence-electron chi connectivity index (χ3n) is 13.0. The Bertz CT molecular complexity index is 3460.